The van der Waals surface area contributed by atoms with Crippen LogP contribution in [0.4, 0.5) is 5.82 Å². The van der Waals surface area contributed by atoms with Crippen molar-refractivity contribution in [3.63, 3.8) is 0 Å². The van der Waals surface area contributed by atoms with E-state index >= 15 is 0 Å². The van der Waals surface area contributed by atoms with E-state index in [2.05, 4.69) is 14.9 Å². The van der Waals surface area contributed by atoms with Crippen LogP contribution in [0.25, 0.3) is 10.2 Å². The van der Waals surface area contributed by atoms with Gasteiger partial charge >= 0.3 is 5.97 Å². The van der Waals surface area contributed by atoms with E-state index in [1.54, 1.807) is 24.1 Å². The Morgan fingerprint density at radius 1 is 1.23 bits per heavy atom. The number of methoxy groups -OCH3 is 1. The van der Waals surface area contributed by atoms with Gasteiger partial charge in [-0.05, 0) is 36.2 Å². The lowest BCUT2D eigenvalue weighted by Crippen LogP contribution is -2.49. The number of piperazine rings is 1. The maximum atomic E-state index is 12.5. The summed E-state index contributed by atoms with van der Waals surface area (Å²) in [5.41, 5.74) is 0.753. The number of amides is 1. The number of esters is 1. The smallest absolute Gasteiger partial charge is 0.348 e. The van der Waals surface area contributed by atoms with Crippen molar-refractivity contribution in [1.29, 1.82) is 0 Å². The van der Waals surface area contributed by atoms with Gasteiger partial charge in [0.25, 0.3) is 5.91 Å². The molecule has 0 radical (unpaired) electrons. The lowest BCUT2D eigenvalue weighted by Gasteiger charge is -2.35. The van der Waals surface area contributed by atoms with E-state index in [0.717, 1.165) is 10.9 Å². The quantitative estimate of drug-likeness (QED) is 0.312. The Bertz CT molecular complexity index is 1090. The number of halogens is 1. The number of anilines is 1. The molecule has 1 aliphatic rings. The molecule has 0 spiro atoms. The number of nitrogens with zero attached hydrogens (tertiary/aromatic N) is 4. The number of hydrogen-bond acceptors (Lipinski definition) is 9. The highest BCUT2D eigenvalue weighted by atomic mass is 35.5. The molecule has 31 heavy (non-hydrogen) atoms. The molecule has 0 atom stereocenters. The molecule has 4 heterocycles. The van der Waals surface area contributed by atoms with Gasteiger partial charge in [-0.1, -0.05) is 0 Å². The number of rotatable bonds is 6. The van der Waals surface area contributed by atoms with Gasteiger partial charge in [-0.25, -0.2) is 9.78 Å². The number of aryl methyl sites for hydroxylation is 1. The van der Waals surface area contributed by atoms with E-state index < -0.39 is 5.97 Å². The fourth-order valence-electron chi connectivity index (χ4n) is 3.48. The Labute approximate surface area is 187 Å². The summed E-state index contributed by atoms with van der Waals surface area (Å²) in [6, 6.07) is 3.35. The van der Waals surface area contributed by atoms with Gasteiger partial charge in [-0.15, -0.1) is 11.3 Å². The first-order valence-electron chi connectivity index (χ1n) is 9.70. The molecular weight excluding hydrogens is 444 g/mol. The zero-order chi connectivity index (χ0) is 22.0. The van der Waals surface area contributed by atoms with E-state index in [-0.39, 0.29) is 17.8 Å². The van der Waals surface area contributed by atoms with Gasteiger partial charge in [0.2, 0.25) is 5.28 Å². The number of carbonyl (C=O) groups excluding carboxylic acids is 2. The summed E-state index contributed by atoms with van der Waals surface area (Å²) in [6.07, 6.45) is 1.49. The van der Waals surface area contributed by atoms with Crippen LogP contribution in [-0.4, -0.2) is 73.2 Å². The number of aromatic nitrogens is 2. The van der Waals surface area contributed by atoms with Gasteiger partial charge in [0, 0.05) is 33.3 Å². The van der Waals surface area contributed by atoms with Crippen molar-refractivity contribution >= 4 is 50.8 Å². The van der Waals surface area contributed by atoms with Crippen LogP contribution < -0.4 is 4.90 Å². The SMILES string of the molecule is COCCOC(=O)c1sc2nc(Cl)nc(N3CCN(C(=O)c4ccco4)CC3)c2c1C. The van der Waals surface area contributed by atoms with Crippen molar-refractivity contribution in [3.8, 4) is 0 Å². The van der Waals surface area contributed by atoms with Crippen LogP contribution in [-0.2, 0) is 9.47 Å². The lowest BCUT2D eigenvalue weighted by atomic mass is 10.2. The molecule has 9 nitrogen and oxygen atoms in total. The minimum Gasteiger partial charge on any atom is -0.459 e. The van der Waals surface area contributed by atoms with Gasteiger partial charge < -0.3 is 23.7 Å². The van der Waals surface area contributed by atoms with Crippen LogP contribution in [0.15, 0.2) is 22.8 Å². The molecule has 3 aromatic heterocycles. The van der Waals surface area contributed by atoms with Gasteiger partial charge in [0.15, 0.2) is 5.76 Å². The topological polar surface area (TPSA) is 98.0 Å². The van der Waals surface area contributed by atoms with Crippen molar-refractivity contribution in [2.24, 2.45) is 0 Å². The second-order valence-electron chi connectivity index (χ2n) is 6.94. The Kier molecular flexibility index (Phi) is 6.40. The second-order valence-corrected chi connectivity index (χ2v) is 8.27. The first kappa shape index (κ1) is 21.5. The Morgan fingerprint density at radius 2 is 2.00 bits per heavy atom. The predicted octanol–water partition coefficient (Wildman–Crippen LogP) is 3.01. The predicted molar refractivity (Wildman–Crippen MR) is 116 cm³/mol. The van der Waals surface area contributed by atoms with Gasteiger partial charge in [-0.3, -0.25) is 4.79 Å². The average Bonchev–Trinajstić information content (AvgIpc) is 3.41. The first-order chi connectivity index (χ1) is 15.0. The third-order valence-electron chi connectivity index (χ3n) is 5.05. The molecule has 11 heteroatoms. The van der Waals surface area contributed by atoms with Crippen LogP contribution in [0.2, 0.25) is 5.28 Å². The summed E-state index contributed by atoms with van der Waals surface area (Å²) in [7, 11) is 1.55. The molecule has 0 unspecified atom stereocenters. The maximum absolute atomic E-state index is 12.5. The molecule has 164 valence electrons. The Morgan fingerprint density at radius 3 is 2.68 bits per heavy atom. The van der Waals surface area contributed by atoms with Crippen molar-refractivity contribution in [1.82, 2.24) is 14.9 Å². The summed E-state index contributed by atoms with van der Waals surface area (Å²) in [5, 5.41) is 0.885. The zero-order valence-electron chi connectivity index (χ0n) is 17.1. The van der Waals surface area contributed by atoms with E-state index in [4.69, 9.17) is 25.5 Å². The fraction of sp³-hybridized carbons (Fsp3) is 0.400. The molecule has 1 amide bonds. The molecule has 0 N–H and O–H groups in total. The molecule has 4 rings (SSSR count). The van der Waals surface area contributed by atoms with E-state index in [0.29, 0.717) is 54.1 Å². The largest absolute Gasteiger partial charge is 0.459 e. The number of hydrogen-bond donors (Lipinski definition) is 0. The third-order valence-corrected chi connectivity index (χ3v) is 6.38. The normalized spacial score (nSPS) is 14.3. The van der Waals surface area contributed by atoms with Gasteiger partial charge in [0.05, 0.1) is 18.3 Å². The fourth-order valence-corrected chi connectivity index (χ4v) is 4.76. The maximum Gasteiger partial charge on any atom is 0.348 e. The standard InChI is InChI=1S/C20H21ClN4O5S/c1-12-14-16(24-5-7-25(8-6-24)18(26)13-4-3-9-29-13)22-20(21)23-17(14)31-15(12)19(27)30-11-10-28-2/h3-4,9H,5-8,10-11H2,1-2H3. The summed E-state index contributed by atoms with van der Waals surface area (Å²) in [4.78, 5) is 38.7. The monoisotopic (exact) mass is 464 g/mol. The summed E-state index contributed by atoms with van der Waals surface area (Å²) in [5.74, 6) is 0.424. The van der Waals surface area contributed by atoms with Crippen molar-refractivity contribution in [2.75, 3.05) is 51.4 Å². The summed E-state index contributed by atoms with van der Waals surface area (Å²) >= 11 is 7.41. The molecule has 1 saturated heterocycles. The summed E-state index contributed by atoms with van der Waals surface area (Å²) in [6.45, 7) is 4.51. The van der Waals surface area contributed by atoms with Crippen LogP contribution in [0.5, 0.6) is 0 Å². The number of ether oxygens (including phenoxy) is 2. The number of carbonyl (C=O) groups is 2. The minimum absolute atomic E-state index is 0.108. The van der Waals surface area contributed by atoms with E-state index in [9.17, 15) is 9.59 Å². The number of thiophene rings is 1. The van der Waals surface area contributed by atoms with Crippen LogP contribution >= 0.6 is 22.9 Å². The highest BCUT2D eigenvalue weighted by molar-refractivity contribution is 7.20. The number of furan rings is 1. The lowest BCUT2D eigenvalue weighted by molar-refractivity contribution is 0.0392. The van der Waals surface area contributed by atoms with Crippen molar-refractivity contribution < 1.29 is 23.5 Å². The zero-order valence-corrected chi connectivity index (χ0v) is 18.7. The molecule has 0 bridgehead atoms. The minimum atomic E-state index is -0.423. The van der Waals surface area contributed by atoms with E-state index in [1.807, 2.05) is 6.92 Å². The van der Waals surface area contributed by atoms with Crippen LogP contribution in [0.1, 0.15) is 25.8 Å². The molecule has 0 saturated carbocycles. The molecule has 1 fully saturated rings. The van der Waals surface area contributed by atoms with Gasteiger partial charge in [0.1, 0.15) is 22.1 Å². The number of fused-ring (bicyclic) bond motifs is 1. The second kappa shape index (κ2) is 9.21. The van der Waals surface area contributed by atoms with Crippen molar-refractivity contribution in [2.45, 2.75) is 6.92 Å². The molecule has 0 aromatic carbocycles. The highest BCUT2D eigenvalue weighted by Crippen LogP contribution is 2.37. The van der Waals surface area contributed by atoms with Crippen molar-refractivity contribution in [3.05, 3.63) is 39.9 Å². The molecule has 1 aliphatic heterocycles. The first-order valence-corrected chi connectivity index (χ1v) is 10.9. The molecular formula is C20H21ClN4O5S. The third kappa shape index (κ3) is 4.36. The highest BCUT2D eigenvalue weighted by Gasteiger charge is 2.28. The Balaban J connectivity index is 1.56. The Hall–Kier alpha value is -2.69. The van der Waals surface area contributed by atoms with E-state index in [1.165, 1.54) is 17.6 Å². The summed E-state index contributed by atoms with van der Waals surface area (Å²) < 4.78 is 15.4. The average molecular weight is 465 g/mol. The molecule has 0 aliphatic carbocycles. The van der Waals surface area contributed by atoms with Gasteiger partial charge in [-0.2, -0.15) is 4.98 Å². The molecule has 3 aromatic rings. The van der Waals surface area contributed by atoms with Crippen LogP contribution in [0.3, 0.4) is 0 Å². The van der Waals surface area contributed by atoms with Crippen LogP contribution in [0, 0.1) is 6.92 Å².